The first-order chi connectivity index (χ1) is 14.6. The molecule has 162 valence electrons. The van der Waals surface area contributed by atoms with E-state index in [2.05, 4.69) is 4.74 Å². The van der Waals surface area contributed by atoms with Gasteiger partial charge in [0.15, 0.2) is 11.6 Å². The largest absolute Gasteiger partial charge is 0.465 e. The lowest BCUT2D eigenvalue weighted by Gasteiger charge is -2.31. The van der Waals surface area contributed by atoms with Crippen molar-refractivity contribution in [1.82, 2.24) is 4.68 Å². The number of carbonyl (C=O) groups is 1. The summed E-state index contributed by atoms with van der Waals surface area (Å²) in [5.74, 6) is -2.31. The van der Waals surface area contributed by atoms with E-state index in [9.17, 15) is 18.0 Å². The highest BCUT2D eigenvalue weighted by Gasteiger charge is 2.29. The first-order valence-corrected chi connectivity index (χ1v) is 10.8. The molecule has 0 spiro atoms. The van der Waals surface area contributed by atoms with Gasteiger partial charge >= 0.3 is 16.1 Å². The number of benzene rings is 2. The van der Waals surface area contributed by atoms with Gasteiger partial charge in [-0.05, 0) is 31.5 Å². The molecule has 4 rings (SSSR count). The number of aryl methyl sites for hydroxylation is 1. The van der Waals surface area contributed by atoms with Crippen LogP contribution >= 0.6 is 0 Å². The molecule has 0 saturated heterocycles. The van der Waals surface area contributed by atoms with Gasteiger partial charge in [-0.3, -0.25) is 9.47 Å². The van der Waals surface area contributed by atoms with Gasteiger partial charge in [0, 0.05) is 25.4 Å². The predicted molar refractivity (Wildman–Crippen MR) is 111 cm³/mol. The van der Waals surface area contributed by atoms with E-state index in [0.29, 0.717) is 6.54 Å². The molecule has 8 nitrogen and oxygen atoms in total. The second-order valence-electron chi connectivity index (χ2n) is 7.25. The van der Waals surface area contributed by atoms with E-state index < -0.39 is 33.1 Å². The van der Waals surface area contributed by atoms with E-state index in [-0.39, 0.29) is 33.3 Å². The van der Waals surface area contributed by atoms with Crippen LogP contribution in [-0.4, -0.2) is 39.8 Å². The van der Waals surface area contributed by atoms with Crippen LogP contribution in [0.1, 0.15) is 21.5 Å². The van der Waals surface area contributed by atoms with Gasteiger partial charge in [-0.1, -0.05) is 17.7 Å². The summed E-state index contributed by atoms with van der Waals surface area (Å²) in [6.07, 6.45) is 1.54. The second kappa shape index (κ2) is 7.38. The number of hydrogen-bond donors (Lipinski definition) is 0. The zero-order chi connectivity index (χ0) is 22.5. The fourth-order valence-electron chi connectivity index (χ4n) is 3.59. The van der Waals surface area contributed by atoms with E-state index in [1.165, 1.54) is 23.0 Å². The Morgan fingerprint density at radius 2 is 1.87 bits per heavy atom. The normalized spacial score (nSPS) is 13.4. The van der Waals surface area contributed by atoms with Crippen LogP contribution in [0, 0.1) is 12.7 Å². The highest BCUT2D eigenvalue weighted by molar-refractivity contribution is 7.87. The quantitative estimate of drug-likeness (QED) is 0.448. The standard InChI is InChI=1S/C21H19FN2O6S/c1-12-4-6-13(7-5-12)31(27,28)30-20-14-8-9-23(2)24-11-16(21(26)29-3)19(25)15(18(14)24)10-17(20)22/h4-7,10-11H,8-9H2,1-3H3. The van der Waals surface area contributed by atoms with Crippen LogP contribution in [-0.2, 0) is 21.3 Å². The van der Waals surface area contributed by atoms with Crippen molar-refractivity contribution >= 4 is 27.0 Å². The number of aromatic nitrogens is 1. The number of hydrogen-bond acceptors (Lipinski definition) is 7. The molecule has 1 aromatic heterocycles. The second-order valence-corrected chi connectivity index (χ2v) is 8.80. The van der Waals surface area contributed by atoms with Gasteiger partial charge in [0.25, 0.3) is 0 Å². The minimum absolute atomic E-state index is 0.0676. The molecule has 0 amide bonds. The van der Waals surface area contributed by atoms with Crippen molar-refractivity contribution in [3.8, 4) is 5.75 Å². The molecule has 2 aromatic carbocycles. The minimum atomic E-state index is -4.31. The van der Waals surface area contributed by atoms with Crippen molar-refractivity contribution in [3.63, 3.8) is 0 Å². The van der Waals surface area contributed by atoms with Crippen LogP contribution in [0.15, 0.2) is 46.2 Å². The maximum Gasteiger partial charge on any atom is 0.343 e. The van der Waals surface area contributed by atoms with E-state index in [1.54, 1.807) is 24.2 Å². The average molecular weight is 446 g/mol. The highest BCUT2D eigenvalue weighted by Crippen LogP contribution is 2.35. The Morgan fingerprint density at radius 3 is 2.52 bits per heavy atom. The van der Waals surface area contributed by atoms with Gasteiger partial charge in [0.2, 0.25) is 5.43 Å². The third-order valence-electron chi connectivity index (χ3n) is 5.23. The van der Waals surface area contributed by atoms with Crippen LogP contribution in [0.2, 0.25) is 0 Å². The van der Waals surface area contributed by atoms with Crippen molar-refractivity contribution in [3.05, 3.63) is 69.3 Å². The number of esters is 1. The summed E-state index contributed by atoms with van der Waals surface area (Å²) in [5.41, 5.74) is 0.412. The Morgan fingerprint density at radius 1 is 1.19 bits per heavy atom. The maximum absolute atomic E-state index is 15.1. The van der Waals surface area contributed by atoms with Gasteiger partial charge in [-0.25, -0.2) is 9.18 Å². The highest BCUT2D eigenvalue weighted by atomic mass is 32.2. The maximum atomic E-state index is 15.1. The number of pyridine rings is 1. The molecule has 0 saturated carbocycles. The molecule has 3 aromatic rings. The summed E-state index contributed by atoms with van der Waals surface area (Å²) in [6.45, 7) is 2.18. The molecule has 1 aliphatic rings. The smallest absolute Gasteiger partial charge is 0.343 e. The molecular formula is C21H19FN2O6S. The molecule has 0 atom stereocenters. The topological polar surface area (TPSA) is 94.9 Å². The molecule has 0 bridgehead atoms. The van der Waals surface area contributed by atoms with E-state index in [4.69, 9.17) is 4.18 Å². The molecular weight excluding hydrogens is 427 g/mol. The molecule has 1 aliphatic heterocycles. The molecule has 0 aliphatic carbocycles. The summed E-state index contributed by atoms with van der Waals surface area (Å²) in [6, 6.07) is 6.86. The zero-order valence-corrected chi connectivity index (χ0v) is 17.8. The summed E-state index contributed by atoms with van der Waals surface area (Å²) in [4.78, 5) is 24.7. The van der Waals surface area contributed by atoms with Gasteiger partial charge < -0.3 is 13.9 Å². The SMILES string of the molecule is COC(=O)c1cn2c3c(c(OS(=O)(=O)c4ccc(C)cc4)c(F)cc3c1=O)CCN2C. The van der Waals surface area contributed by atoms with Gasteiger partial charge in [0.05, 0.1) is 18.0 Å². The molecule has 0 unspecified atom stereocenters. The Hall–Kier alpha value is -3.40. The van der Waals surface area contributed by atoms with Gasteiger partial charge in [-0.2, -0.15) is 8.42 Å². The number of ether oxygens (including phenoxy) is 1. The molecule has 31 heavy (non-hydrogen) atoms. The Kier molecular flexibility index (Phi) is 4.97. The summed E-state index contributed by atoms with van der Waals surface area (Å²) >= 11 is 0. The zero-order valence-electron chi connectivity index (χ0n) is 17.0. The number of halogens is 1. The Labute approximate surface area is 177 Å². The van der Waals surface area contributed by atoms with E-state index in [0.717, 1.165) is 18.7 Å². The third-order valence-corrected chi connectivity index (χ3v) is 6.47. The number of carbonyl (C=O) groups excluding carboxylic acids is 1. The van der Waals surface area contributed by atoms with Crippen molar-refractivity contribution < 1.29 is 26.5 Å². The first-order valence-electron chi connectivity index (χ1n) is 9.35. The fraction of sp³-hybridized carbons (Fsp3) is 0.238. The molecule has 2 heterocycles. The predicted octanol–water partition coefficient (Wildman–Crippen LogP) is 2.13. The average Bonchev–Trinajstić information content (AvgIpc) is 2.73. The Bertz CT molecular complexity index is 1380. The fourth-order valence-corrected chi connectivity index (χ4v) is 4.56. The van der Waals surface area contributed by atoms with Crippen LogP contribution in [0.3, 0.4) is 0 Å². The van der Waals surface area contributed by atoms with Crippen LogP contribution in [0.4, 0.5) is 4.39 Å². The molecule has 0 N–H and O–H groups in total. The van der Waals surface area contributed by atoms with Gasteiger partial charge in [0.1, 0.15) is 10.5 Å². The van der Waals surface area contributed by atoms with Crippen molar-refractivity contribution in [1.29, 1.82) is 0 Å². The van der Waals surface area contributed by atoms with Crippen molar-refractivity contribution in [2.45, 2.75) is 18.2 Å². The van der Waals surface area contributed by atoms with Crippen molar-refractivity contribution in [2.24, 2.45) is 0 Å². The van der Waals surface area contributed by atoms with Crippen molar-refractivity contribution in [2.75, 3.05) is 25.7 Å². The number of nitrogens with zero attached hydrogens (tertiary/aromatic N) is 2. The van der Waals surface area contributed by atoms with E-state index >= 15 is 4.39 Å². The third kappa shape index (κ3) is 3.42. The first kappa shape index (κ1) is 20.9. The number of methoxy groups -OCH3 is 1. The summed E-state index contributed by atoms with van der Waals surface area (Å²) in [7, 11) is -1.44. The lowest BCUT2D eigenvalue weighted by atomic mass is 10.0. The van der Waals surface area contributed by atoms with Crippen LogP contribution in [0.25, 0.3) is 10.9 Å². The van der Waals surface area contributed by atoms with Crippen LogP contribution < -0.4 is 14.6 Å². The Balaban J connectivity index is 1.95. The lowest BCUT2D eigenvalue weighted by Crippen LogP contribution is -2.38. The lowest BCUT2D eigenvalue weighted by molar-refractivity contribution is 0.0598. The number of likely N-dealkylation sites (N-methyl/N-ethyl adjacent to an activating group) is 1. The summed E-state index contributed by atoms with van der Waals surface area (Å²) in [5, 5.41) is 1.65. The monoisotopic (exact) mass is 446 g/mol. The molecule has 0 fully saturated rings. The van der Waals surface area contributed by atoms with E-state index in [1.807, 2.05) is 6.92 Å². The summed E-state index contributed by atoms with van der Waals surface area (Å²) < 4.78 is 52.0. The number of rotatable bonds is 4. The minimum Gasteiger partial charge on any atom is -0.465 e. The molecule has 0 radical (unpaired) electrons. The molecule has 10 heteroatoms. The van der Waals surface area contributed by atoms with Gasteiger partial charge in [-0.15, -0.1) is 0 Å². The van der Waals surface area contributed by atoms with Crippen LogP contribution in [0.5, 0.6) is 5.75 Å².